The minimum atomic E-state index is -3.71. The van der Waals surface area contributed by atoms with Crippen LogP contribution in [0.4, 0.5) is 5.69 Å². The van der Waals surface area contributed by atoms with Crippen molar-refractivity contribution in [2.75, 3.05) is 10.8 Å². The molecule has 0 fully saturated rings. The second kappa shape index (κ2) is 12.4. The van der Waals surface area contributed by atoms with Crippen molar-refractivity contribution in [2.45, 2.75) is 63.6 Å². The molecule has 0 unspecified atom stereocenters. The van der Waals surface area contributed by atoms with Gasteiger partial charge in [0.15, 0.2) is 0 Å². The Morgan fingerprint density at radius 2 is 1.57 bits per heavy atom. The highest BCUT2D eigenvalue weighted by atomic mass is 32.2. The van der Waals surface area contributed by atoms with Crippen LogP contribution in [0.15, 0.2) is 95.9 Å². The normalized spacial score (nSPS) is 14.2. The van der Waals surface area contributed by atoms with Crippen LogP contribution in [0.1, 0.15) is 43.4 Å². The van der Waals surface area contributed by atoms with Gasteiger partial charge in [0.25, 0.3) is 10.0 Å². The van der Waals surface area contributed by atoms with Gasteiger partial charge in [0.05, 0.1) is 10.6 Å². The number of hydrogen-bond acceptors (Lipinski definition) is 4. The van der Waals surface area contributed by atoms with E-state index in [9.17, 15) is 18.0 Å². The Hall–Kier alpha value is -4.17. The molecule has 1 N–H and O–H groups in total. The Morgan fingerprint density at radius 3 is 2.29 bits per heavy atom. The maximum Gasteiger partial charge on any atom is 0.265 e. The molecule has 0 saturated heterocycles. The van der Waals surface area contributed by atoms with Gasteiger partial charge in [-0.1, -0.05) is 84.4 Å². The van der Waals surface area contributed by atoms with Crippen LogP contribution in [0, 0.1) is 6.92 Å². The Bertz CT molecular complexity index is 1700. The van der Waals surface area contributed by atoms with E-state index >= 15 is 0 Å². The highest BCUT2D eigenvalue weighted by Gasteiger charge is 2.36. The van der Waals surface area contributed by atoms with Gasteiger partial charge >= 0.3 is 0 Å². The number of aryl methyl sites for hydroxylation is 1. The van der Waals surface area contributed by atoms with Crippen molar-refractivity contribution in [2.24, 2.45) is 0 Å². The third kappa shape index (κ3) is 6.19. The summed E-state index contributed by atoms with van der Waals surface area (Å²) < 4.78 is 28.3. The van der Waals surface area contributed by atoms with Crippen LogP contribution >= 0.6 is 0 Å². The summed E-state index contributed by atoms with van der Waals surface area (Å²) >= 11 is 0. The maximum atomic E-state index is 14.0. The van der Waals surface area contributed by atoms with Crippen molar-refractivity contribution in [3.8, 4) is 0 Å². The van der Waals surface area contributed by atoms with Crippen LogP contribution in [-0.2, 0) is 32.6 Å². The summed E-state index contributed by atoms with van der Waals surface area (Å²) in [6.45, 7) is 6.24. The molecule has 1 atom stereocenters. The number of sulfonamides is 1. The molecule has 0 radical (unpaired) electrons. The second-order valence-electron chi connectivity index (χ2n) is 11.2. The SMILES string of the molecule is Cc1cccc(CN(C(=O)CCCN2c3cccc4cccc(c34)S2(=O)=O)[C@H](Cc2ccccc2)C(=O)NC(C)C)c1. The van der Waals surface area contributed by atoms with Crippen LogP contribution in [0.25, 0.3) is 10.8 Å². The summed E-state index contributed by atoms with van der Waals surface area (Å²) in [5.41, 5.74) is 3.60. The van der Waals surface area contributed by atoms with E-state index in [1.54, 1.807) is 17.0 Å². The fourth-order valence-electron chi connectivity index (χ4n) is 5.66. The third-order valence-electron chi connectivity index (χ3n) is 7.57. The highest BCUT2D eigenvalue weighted by Crippen LogP contribution is 2.42. The monoisotopic (exact) mass is 583 g/mol. The number of hydrogen-bond donors (Lipinski definition) is 1. The Labute approximate surface area is 248 Å². The Morgan fingerprint density at radius 1 is 0.881 bits per heavy atom. The van der Waals surface area contributed by atoms with E-state index in [0.29, 0.717) is 23.4 Å². The molecule has 4 aromatic carbocycles. The van der Waals surface area contributed by atoms with Gasteiger partial charge in [-0.15, -0.1) is 0 Å². The fraction of sp³-hybridized carbons (Fsp3) is 0.294. The van der Waals surface area contributed by atoms with Crippen molar-refractivity contribution in [3.05, 3.63) is 108 Å². The first-order valence-electron chi connectivity index (χ1n) is 14.4. The van der Waals surface area contributed by atoms with E-state index in [1.165, 1.54) is 4.31 Å². The molecule has 42 heavy (non-hydrogen) atoms. The Balaban J connectivity index is 1.40. The number of carbonyl (C=O) groups is 2. The number of anilines is 1. The minimum Gasteiger partial charge on any atom is -0.352 e. The molecule has 0 aromatic heterocycles. The van der Waals surface area contributed by atoms with Crippen LogP contribution in [0.2, 0.25) is 0 Å². The Kier molecular flexibility index (Phi) is 8.64. The molecule has 0 spiro atoms. The highest BCUT2D eigenvalue weighted by molar-refractivity contribution is 7.93. The number of benzene rings is 4. The molecule has 8 heteroatoms. The summed E-state index contributed by atoms with van der Waals surface area (Å²) in [4.78, 5) is 29.5. The quantitative estimate of drug-likeness (QED) is 0.249. The number of carbonyl (C=O) groups excluding carboxylic acids is 2. The van der Waals surface area contributed by atoms with E-state index in [4.69, 9.17) is 0 Å². The van der Waals surface area contributed by atoms with E-state index in [0.717, 1.165) is 27.5 Å². The fourth-order valence-corrected chi connectivity index (χ4v) is 7.41. The number of rotatable bonds is 11. The van der Waals surface area contributed by atoms with Crippen LogP contribution < -0.4 is 9.62 Å². The zero-order valence-electron chi connectivity index (χ0n) is 24.3. The molecule has 1 heterocycles. The number of nitrogens with zero attached hydrogens (tertiary/aromatic N) is 2. The first kappa shape index (κ1) is 29.3. The topological polar surface area (TPSA) is 86.8 Å². The summed E-state index contributed by atoms with van der Waals surface area (Å²) in [6.07, 6.45) is 0.787. The van der Waals surface area contributed by atoms with E-state index in [1.807, 2.05) is 99.6 Å². The molecule has 5 rings (SSSR count). The summed E-state index contributed by atoms with van der Waals surface area (Å²) in [7, 11) is -3.71. The van der Waals surface area contributed by atoms with Crippen molar-refractivity contribution >= 4 is 38.3 Å². The summed E-state index contributed by atoms with van der Waals surface area (Å²) in [5, 5.41) is 4.60. The lowest BCUT2D eigenvalue weighted by atomic mass is 10.0. The lowest BCUT2D eigenvalue weighted by Crippen LogP contribution is -2.51. The van der Waals surface area contributed by atoms with Gasteiger partial charge in [0, 0.05) is 37.4 Å². The first-order valence-corrected chi connectivity index (χ1v) is 15.8. The smallest absolute Gasteiger partial charge is 0.265 e. The number of nitrogens with one attached hydrogen (secondary N) is 1. The molecule has 218 valence electrons. The van der Waals surface area contributed by atoms with Crippen molar-refractivity contribution < 1.29 is 18.0 Å². The molecule has 1 aliphatic heterocycles. The van der Waals surface area contributed by atoms with Gasteiger partial charge in [0.2, 0.25) is 11.8 Å². The predicted molar refractivity (Wildman–Crippen MR) is 167 cm³/mol. The largest absolute Gasteiger partial charge is 0.352 e. The maximum absolute atomic E-state index is 14.0. The lowest BCUT2D eigenvalue weighted by Gasteiger charge is -2.32. The van der Waals surface area contributed by atoms with Crippen molar-refractivity contribution in [1.82, 2.24) is 10.2 Å². The molecular weight excluding hydrogens is 546 g/mol. The molecular formula is C34H37N3O4S. The standard InChI is InChI=1S/C34H37N3O4S/c1-24(2)35-34(39)30(22-26-12-5-4-6-13-26)36(23-27-14-7-11-25(3)21-27)32(38)19-10-20-37-29-17-8-15-28-16-9-18-31(33(28)29)42(37,40)41/h4-9,11-18,21,24,30H,10,19-20,22-23H2,1-3H3,(H,35,39)/t30-/m1/s1. The average molecular weight is 584 g/mol. The summed E-state index contributed by atoms with van der Waals surface area (Å²) in [6, 6.07) is 27.7. The zero-order chi connectivity index (χ0) is 29.9. The van der Waals surface area contributed by atoms with Gasteiger partial charge in [-0.2, -0.15) is 0 Å². The second-order valence-corrected chi connectivity index (χ2v) is 13.0. The molecule has 0 saturated carbocycles. The molecule has 2 amide bonds. The number of amides is 2. The van der Waals surface area contributed by atoms with Gasteiger partial charge in [-0.05, 0) is 55.8 Å². The predicted octanol–water partition coefficient (Wildman–Crippen LogP) is 5.60. The van der Waals surface area contributed by atoms with Gasteiger partial charge in [-0.25, -0.2) is 8.42 Å². The molecule has 4 aromatic rings. The van der Waals surface area contributed by atoms with Crippen molar-refractivity contribution in [1.29, 1.82) is 0 Å². The van der Waals surface area contributed by atoms with Gasteiger partial charge in [0.1, 0.15) is 6.04 Å². The zero-order valence-corrected chi connectivity index (χ0v) is 25.1. The summed E-state index contributed by atoms with van der Waals surface area (Å²) in [5.74, 6) is -0.400. The molecule has 0 bridgehead atoms. The van der Waals surface area contributed by atoms with Crippen molar-refractivity contribution in [3.63, 3.8) is 0 Å². The lowest BCUT2D eigenvalue weighted by molar-refractivity contribution is -0.141. The minimum absolute atomic E-state index is 0.0867. The van der Waals surface area contributed by atoms with E-state index in [-0.39, 0.29) is 37.4 Å². The van der Waals surface area contributed by atoms with E-state index in [2.05, 4.69) is 5.32 Å². The average Bonchev–Trinajstić information content (AvgIpc) is 3.18. The van der Waals surface area contributed by atoms with Gasteiger partial charge < -0.3 is 10.2 Å². The van der Waals surface area contributed by atoms with Crippen LogP contribution in [-0.4, -0.2) is 43.8 Å². The molecule has 0 aliphatic carbocycles. The first-order chi connectivity index (χ1) is 20.1. The van der Waals surface area contributed by atoms with Gasteiger partial charge in [-0.3, -0.25) is 13.9 Å². The van der Waals surface area contributed by atoms with E-state index < -0.39 is 16.1 Å². The third-order valence-corrected chi connectivity index (χ3v) is 9.43. The van der Waals surface area contributed by atoms with Crippen LogP contribution in [0.5, 0.6) is 0 Å². The van der Waals surface area contributed by atoms with Crippen LogP contribution in [0.3, 0.4) is 0 Å². The molecule has 1 aliphatic rings. The molecule has 7 nitrogen and oxygen atoms in total.